The van der Waals surface area contributed by atoms with Crippen molar-refractivity contribution in [1.29, 1.82) is 0 Å². The van der Waals surface area contributed by atoms with Gasteiger partial charge in [-0.2, -0.15) is 0 Å². The number of nitrogens with one attached hydrogen (secondary N) is 2. The third kappa shape index (κ3) is 5.09. The molecule has 1 aromatic carbocycles. The van der Waals surface area contributed by atoms with E-state index in [1.807, 2.05) is 26.8 Å². The summed E-state index contributed by atoms with van der Waals surface area (Å²) in [4.78, 5) is 0.353. The Balaban J connectivity index is 0.00000288. The SMILES string of the molecule is COc1cc(C)c(S(=O)(=O)NCCC2CCNC2)cc1C(C)C.Cl. The molecule has 0 saturated carbocycles. The molecule has 0 bridgehead atoms. The molecule has 1 unspecified atom stereocenters. The molecule has 0 spiro atoms. The van der Waals surface area contributed by atoms with Crippen LogP contribution in [0.15, 0.2) is 17.0 Å². The molecule has 0 aromatic heterocycles. The quantitative estimate of drug-likeness (QED) is 0.767. The fraction of sp³-hybridized carbons (Fsp3) is 0.647. The molecule has 1 aliphatic heterocycles. The van der Waals surface area contributed by atoms with Gasteiger partial charge in [-0.3, -0.25) is 0 Å². The molecule has 1 saturated heterocycles. The van der Waals surface area contributed by atoms with Gasteiger partial charge in [-0.1, -0.05) is 13.8 Å². The maximum absolute atomic E-state index is 12.6. The Bertz CT molecular complexity index is 641. The highest BCUT2D eigenvalue weighted by Gasteiger charge is 2.21. The summed E-state index contributed by atoms with van der Waals surface area (Å²) in [5, 5.41) is 3.30. The summed E-state index contributed by atoms with van der Waals surface area (Å²) in [5.41, 5.74) is 1.62. The van der Waals surface area contributed by atoms with Gasteiger partial charge in [0.2, 0.25) is 10.0 Å². The van der Waals surface area contributed by atoms with E-state index in [4.69, 9.17) is 4.74 Å². The van der Waals surface area contributed by atoms with Crippen LogP contribution in [-0.4, -0.2) is 35.2 Å². The van der Waals surface area contributed by atoms with Crippen molar-refractivity contribution in [2.24, 2.45) is 5.92 Å². The minimum atomic E-state index is -3.49. The summed E-state index contributed by atoms with van der Waals surface area (Å²) in [5.74, 6) is 1.51. The average molecular weight is 377 g/mol. The number of benzene rings is 1. The van der Waals surface area contributed by atoms with Crippen molar-refractivity contribution in [2.45, 2.75) is 44.4 Å². The summed E-state index contributed by atoms with van der Waals surface area (Å²) in [6.07, 6.45) is 2.00. The second kappa shape index (κ2) is 9.04. The molecule has 1 atom stereocenters. The standard InChI is InChI=1S/C17H28N2O3S.ClH/c1-12(2)15-10-17(13(3)9-16(15)22-4)23(20,21)19-8-6-14-5-7-18-11-14;/h9-10,12,14,18-19H,5-8,11H2,1-4H3;1H. The van der Waals surface area contributed by atoms with Crippen LogP contribution in [-0.2, 0) is 10.0 Å². The number of sulfonamides is 1. The predicted molar refractivity (Wildman–Crippen MR) is 99.9 cm³/mol. The average Bonchev–Trinajstić information content (AvgIpc) is 2.99. The van der Waals surface area contributed by atoms with Crippen molar-refractivity contribution >= 4 is 22.4 Å². The first-order valence-electron chi connectivity index (χ1n) is 8.24. The van der Waals surface area contributed by atoms with Gasteiger partial charge in [0.15, 0.2) is 0 Å². The largest absolute Gasteiger partial charge is 0.496 e. The van der Waals surface area contributed by atoms with E-state index in [2.05, 4.69) is 10.0 Å². The lowest BCUT2D eigenvalue weighted by molar-refractivity contribution is 0.406. The third-order valence-corrected chi connectivity index (χ3v) is 6.05. The van der Waals surface area contributed by atoms with Crippen LogP contribution in [0.2, 0.25) is 0 Å². The van der Waals surface area contributed by atoms with Crippen molar-refractivity contribution in [3.63, 3.8) is 0 Å². The molecule has 0 aliphatic carbocycles. The van der Waals surface area contributed by atoms with Crippen LogP contribution in [0.25, 0.3) is 0 Å². The molecule has 5 nitrogen and oxygen atoms in total. The molecule has 1 aliphatic rings. The molecule has 24 heavy (non-hydrogen) atoms. The molecule has 1 fully saturated rings. The highest BCUT2D eigenvalue weighted by atomic mass is 35.5. The monoisotopic (exact) mass is 376 g/mol. The Hall–Kier alpha value is -0.820. The van der Waals surface area contributed by atoms with E-state index in [-0.39, 0.29) is 18.3 Å². The molecule has 2 rings (SSSR count). The number of halogens is 1. The molecule has 0 radical (unpaired) electrons. The number of ether oxygens (including phenoxy) is 1. The smallest absolute Gasteiger partial charge is 0.240 e. The minimum Gasteiger partial charge on any atom is -0.496 e. The number of rotatable bonds is 7. The maximum Gasteiger partial charge on any atom is 0.240 e. The summed E-state index contributed by atoms with van der Waals surface area (Å²) >= 11 is 0. The normalized spacial score (nSPS) is 17.8. The van der Waals surface area contributed by atoms with Gasteiger partial charge < -0.3 is 10.1 Å². The number of aryl methyl sites for hydroxylation is 1. The van der Waals surface area contributed by atoms with Crippen LogP contribution in [0.4, 0.5) is 0 Å². The van der Waals surface area contributed by atoms with Gasteiger partial charge in [0.05, 0.1) is 12.0 Å². The van der Waals surface area contributed by atoms with E-state index in [1.54, 1.807) is 13.2 Å². The fourth-order valence-electron chi connectivity index (χ4n) is 3.03. The van der Waals surface area contributed by atoms with Crippen LogP contribution in [0, 0.1) is 12.8 Å². The predicted octanol–water partition coefficient (Wildman–Crippen LogP) is 2.83. The van der Waals surface area contributed by atoms with Crippen molar-refractivity contribution in [1.82, 2.24) is 10.0 Å². The Morgan fingerprint density at radius 3 is 2.62 bits per heavy atom. The van der Waals surface area contributed by atoms with Crippen LogP contribution < -0.4 is 14.8 Å². The molecular weight excluding hydrogens is 348 g/mol. The number of hydrogen-bond acceptors (Lipinski definition) is 4. The summed E-state index contributed by atoms with van der Waals surface area (Å²) in [6.45, 7) is 8.38. The van der Waals surface area contributed by atoms with Crippen molar-refractivity contribution in [3.8, 4) is 5.75 Å². The van der Waals surface area contributed by atoms with E-state index < -0.39 is 10.0 Å². The van der Waals surface area contributed by atoms with Crippen molar-refractivity contribution < 1.29 is 13.2 Å². The zero-order valence-corrected chi connectivity index (χ0v) is 16.5. The Morgan fingerprint density at radius 1 is 1.38 bits per heavy atom. The molecule has 1 heterocycles. The lowest BCUT2D eigenvalue weighted by Crippen LogP contribution is -2.27. The lowest BCUT2D eigenvalue weighted by Gasteiger charge is -2.17. The zero-order chi connectivity index (χ0) is 17.0. The first kappa shape index (κ1) is 21.2. The van der Waals surface area contributed by atoms with Crippen LogP contribution >= 0.6 is 12.4 Å². The van der Waals surface area contributed by atoms with E-state index in [0.29, 0.717) is 22.9 Å². The van der Waals surface area contributed by atoms with Crippen LogP contribution in [0.1, 0.15) is 43.7 Å². The van der Waals surface area contributed by atoms with Gasteiger partial charge in [-0.05, 0) is 68.0 Å². The van der Waals surface area contributed by atoms with Crippen LogP contribution in [0.5, 0.6) is 5.75 Å². The van der Waals surface area contributed by atoms with E-state index in [0.717, 1.165) is 37.2 Å². The molecule has 2 N–H and O–H groups in total. The summed E-state index contributed by atoms with van der Waals surface area (Å²) in [6, 6.07) is 3.56. The lowest BCUT2D eigenvalue weighted by atomic mass is 10.0. The highest BCUT2D eigenvalue weighted by Crippen LogP contribution is 2.31. The topological polar surface area (TPSA) is 67.4 Å². The fourth-order valence-corrected chi connectivity index (χ4v) is 4.34. The molecule has 7 heteroatoms. The zero-order valence-electron chi connectivity index (χ0n) is 14.9. The van der Waals surface area contributed by atoms with Gasteiger partial charge in [0.25, 0.3) is 0 Å². The Morgan fingerprint density at radius 2 is 2.08 bits per heavy atom. The minimum absolute atomic E-state index is 0. The maximum atomic E-state index is 12.6. The summed E-state index contributed by atoms with van der Waals surface area (Å²) in [7, 11) is -1.88. The van der Waals surface area contributed by atoms with E-state index >= 15 is 0 Å². The Labute approximate surface area is 152 Å². The van der Waals surface area contributed by atoms with Gasteiger partial charge in [-0.25, -0.2) is 13.1 Å². The third-order valence-electron chi connectivity index (χ3n) is 4.45. The van der Waals surface area contributed by atoms with Gasteiger partial charge in [0.1, 0.15) is 5.75 Å². The van der Waals surface area contributed by atoms with Gasteiger partial charge >= 0.3 is 0 Å². The first-order valence-corrected chi connectivity index (χ1v) is 9.72. The van der Waals surface area contributed by atoms with Gasteiger partial charge in [-0.15, -0.1) is 12.4 Å². The molecule has 1 aromatic rings. The molecular formula is C17H29ClN2O3S. The summed E-state index contributed by atoms with van der Waals surface area (Å²) < 4.78 is 33.4. The van der Waals surface area contributed by atoms with Gasteiger partial charge in [0, 0.05) is 6.54 Å². The van der Waals surface area contributed by atoms with Crippen molar-refractivity contribution in [2.75, 3.05) is 26.7 Å². The van der Waals surface area contributed by atoms with E-state index in [1.165, 1.54) is 0 Å². The molecule has 138 valence electrons. The highest BCUT2D eigenvalue weighted by molar-refractivity contribution is 7.89. The van der Waals surface area contributed by atoms with Crippen molar-refractivity contribution in [3.05, 3.63) is 23.3 Å². The number of methoxy groups -OCH3 is 1. The van der Waals surface area contributed by atoms with E-state index in [9.17, 15) is 8.42 Å². The first-order chi connectivity index (χ1) is 10.8. The second-order valence-corrected chi connectivity index (χ2v) is 8.30. The van der Waals surface area contributed by atoms with Crippen LogP contribution in [0.3, 0.4) is 0 Å². The molecule has 0 amide bonds. The number of hydrogen-bond donors (Lipinski definition) is 2. The second-order valence-electron chi connectivity index (χ2n) is 6.56. The Kier molecular flexibility index (Phi) is 7.99.